The number of rotatable bonds is 7. The lowest BCUT2D eigenvalue weighted by Crippen LogP contribution is -2.51. The average molecular weight is 477 g/mol. The van der Waals surface area contributed by atoms with Gasteiger partial charge in [0.2, 0.25) is 11.8 Å². The van der Waals surface area contributed by atoms with E-state index in [9.17, 15) is 9.59 Å². The highest BCUT2D eigenvalue weighted by Gasteiger charge is 2.42. The van der Waals surface area contributed by atoms with Gasteiger partial charge in [-0.05, 0) is 57.1 Å². The Morgan fingerprint density at radius 3 is 1.83 bits per heavy atom. The first-order valence-electron chi connectivity index (χ1n) is 12.8. The van der Waals surface area contributed by atoms with E-state index in [1.165, 1.54) is 18.4 Å². The maximum absolute atomic E-state index is 12.5. The molecule has 35 heavy (non-hydrogen) atoms. The zero-order valence-electron chi connectivity index (χ0n) is 22.1. The summed E-state index contributed by atoms with van der Waals surface area (Å²) in [5.41, 5.74) is 8.78. The van der Waals surface area contributed by atoms with Gasteiger partial charge in [0.15, 0.2) is 0 Å². The van der Waals surface area contributed by atoms with Crippen molar-refractivity contribution in [2.45, 2.75) is 71.6 Å². The van der Waals surface area contributed by atoms with Crippen LogP contribution in [0.25, 0.3) is 0 Å². The summed E-state index contributed by atoms with van der Waals surface area (Å²) in [6.45, 7) is 12.9. The zero-order chi connectivity index (χ0) is 26.1. The Balaban J connectivity index is 0.000000521. The normalized spacial score (nSPS) is 13.8. The second kappa shape index (κ2) is 16.5. The third-order valence-electron chi connectivity index (χ3n) is 6.55. The summed E-state index contributed by atoms with van der Waals surface area (Å²) in [4.78, 5) is 26.5. The fourth-order valence-corrected chi connectivity index (χ4v) is 4.28. The molecule has 2 aromatic rings. The number of nitrogens with zero attached hydrogens (tertiary/aromatic N) is 1. The predicted molar refractivity (Wildman–Crippen MR) is 148 cm³/mol. The molecule has 1 aliphatic heterocycles. The van der Waals surface area contributed by atoms with Crippen LogP contribution in [0.2, 0.25) is 0 Å². The van der Waals surface area contributed by atoms with Gasteiger partial charge in [0, 0.05) is 19.5 Å². The van der Waals surface area contributed by atoms with Gasteiger partial charge in [-0.3, -0.25) is 9.59 Å². The molecule has 1 saturated heterocycles. The van der Waals surface area contributed by atoms with E-state index in [4.69, 9.17) is 5.73 Å². The molecule has 2 aromatic carbocycles. The van der Waals surface area contributed by atoms with Gasteiger partial charge in [-0.15, -0.1) is 6.58 Å². The van der Waals surface area contributed by atoms with Crippen LogP contribution in [-0.4, -0.2) is 29.8 Å². The van der Waals surface area contributed by atoms with Gasteiger partial charge in [-0.2, -0.15) is 0 Å². The number of piperidine rings is 1. The van der Waals surface area contributed by atoms with Crippen molar-refractivity contribution in [1.82, 2.24) is 4.90 Å². The molecule has 1 aliphatic rings. The standard InChI is InChI=1S/C21H24N2O2.C7H14.C3H6/c22-20(25)21(18-9-5-2-6-10-18)13-15-23(16-14-21)19(24)12-11-17-7-3-1-4-8-17;1-4-7(5-2)6-3;1-3-2/h1-10H,11-16H2,(H2,22,25);4H,5-6H2,1-3H3;3H,1H2,2H3. The van der Waals surface area contributed by atoms with Gasteiger partial charge in [0.1, 0.15) is 0 Å². The molecule has 0 unspecified atom stereocenters. The molecule has 2 N–H and O–H groups in total. The fourth-order valence-electron chi connectivity index (χ4n) is 4.28. The average Bonchev–Trinajstić information content (AvgIpc) is 2.90. The van der Waals surface area contributed by atoms with Crippen molar-refractivity contribution >= 4 is 11.8 Å². The minimum Gasteiger partial charge on any atom is -0.369 e. The largest absolute Gasteiger partial charge is 0.369 e. The molecule has 4 nitrogen and oxygen atoms in total. The SMILES string of the molecule is C=CC.CC=C(CC)CC.NC(=O)C1(c2ccccc2)CCN(C(=O)CCc2ccccc2)CC1. The summed E-state index contributed by atoms with van der Waals surface area (Å²) in [6, 6.07) is 19.7. The van der Waals surface area contributed by atoms with Crippen LogP contribution in [0.1, 0.15) is 70.9 Å². The highest BCUT2D eigenvalue weighted by molar-refractivity contribution is 5.87. The summed E-state index contributed by atoms with van der Waals surface area (Å²) in [7, 11) is 0. The van der Waals surface area contributed by atoms with Crippen molar-refractivity contribution < 1.29 is 9.59 Å². The highest BCUT2D eigenvalue weighted by atomic mass is 16.2. The molecule has 2 amide bonds. The molecule has 0 saturated carbocycles. The summed E-state index contributed by atoms with van der Waals surface area (Å²) in [5, 5.41) is 0. The summed E-state index contributed by atoms with van der Waals surface area (Å²) < 4.78 is 0. The molecule has 1 fully saturated rings. The number of aryl methyl sites for hydroxylation is 1. The van der Waals surface area contributed by atoms with E-state index >= 15 is 0 Å². The molecule has 0 radical (unpaired) electrons. The maximum Gasteiger partial charge on any atom is 0.228 e. The molecule has 0 spiro atoms. The fraction of sp³-hybridized carbons (Fsp3) is 0.419. The number of amides is 2. The molecule has 3 rings (SSSR count). The van der Waals surface area contributed by atoms with E-state index in [1.807, 2.05) is 72.5 Å². The number of nitrogens with two attached hydrogens (primary N) is 1. The number of likely N-dealkylation sites (tertiary alicyclic amines) is 1. The van der Waals surface area contributed by atoms with E-state index in [-0.39, 0.29) is 11.8 Å². The van der Waals surface area contributed by atoms with Gasteiger partial charge >= 0.3 is 0 Å². The van der Waals surface area contributed by atoms with Crippen LogP contribution in [0.5, 0.6) is 0 Å². The summed E-state index contributed by atoms with van der Waals surface area (Å²) in [6.07, 6.45) is 8.79. The van der Waals surface area contributed by atoms with Gasteiger partial charge in [0.05, 0.1) is 5.41 Å². The van der Waals surface area contributed by atoms with Crippen molar-refractivity contribution in [2.75, 3.05) is 13.1 Å². The van der Waals surface area contributed by atoms with Gasteiger partial charge < -0.3 is 10.6 Å². The van der Waals surface area contributed by atoms with E-state index < -0.39 is 5.41 Å². The Morgan fingerprint density at radius 1 is 0.943 bits per heavy atom. The number of benzene rings is 2. The minimum atomic E-state index is -0.655. The molecule has 0 aromatic heterocycles. The Morgan fingerprint density at radius 2 is 1.43 bits per heavy atom. The van der Waals surface area contributed by atoms with Gasteiger partial charge in [0.25, 0.3) is 0 Å². The summed E-state index contributed by atoms with van der Waals surface area (Å²) in [5.74, 6) is -0.148. The first-order valence-corrected chi connectivity index (χ1v) is 12.8. The minimum absolute atomic E-state index is 0.148. The Labute approximate surface area is 212 Å². The maximum atomic E-state index is 12.5. The second-order valence-electron chi connectivity index (χ2n) is 8.74. The number of primary amides is 1. The van der Waals surface area contributed by atoms with Crippen LogP contribution < -0.4 is 5.73 Å². The lowest BCUT2D eigenvalue weighted by Gasteiger charge is -2.40. The van der Waals surface area contributed by atoms with E-state index in [2.05, 4.69) is 33.4 Å². The molecular formula is C31H44N2O2. The molecule has 0 aliphatic carbocycles. The second-order valence-corrected chi connectivity index (χ2v) is 8.74. The molecule has 4 heteroatoms. The third kappa shape index (κ3) is 9.56. The van der Waals surface area contributed by atoms with Crippen LogP contribution in [-0.2, 0) is 21.4 Å². The monoisotopic (exact) mass is 476 g/mol. The smallest absolute Gasteiger partial charge is 0.228 e. The van der Waals surface area contributed by atoms with E-state index in [0.29, 0.717) is 32.4 Å². The predicted octanol–water partition coefficient (Wildman–Crippen LogP) is 6.61. The van der Waals surface area contributed by atoms with Crippen LogP contribution >= 0.6 is 0 Å². The first-order chi connectivity index (χ1) is 16.9. The highest BCUT2D eigenvalue weighted by Crippen LogP contribution is 2.35. The third-order valence-corrected chi connectivity index (χ3v) is 6.55. The number of carbonyl (C=O) groups is 2. The van der Waals surface area contributed by atoms with Crippen LogP contribution in [0.15, 0.2) is 85.0 Å². The molecular weight excluding hydrogens is 432 g/mol. The number of carbonyl (C=O) groups excluding carboxylic acids is 2. The Kier molecular flexibility index (Phi) is 14.1. The van der Waals surface area contributed by atoms with E-state index in [0.717, 1.165) is 12.0 Å². The number of hydrogen-bond donors (Lipinski definition) is 1. The number of hydrogen-bond acceptors (Lipinski definition) is 2. The Bertz CT molecular complexity index is 906. The summed E-state index contributed by atoms with van der Waals surface area (Å²) >= 11 is 0. The van der Waals surface area contributed by atoms with Crippen LogP contribution in [0.4, 0.5) is 0 Å². The first kappa shape index (κ1) is 29.9. The van der Waals surface area contributed by atoms with Gasteiger partial charge in [-0.25, -0.2) is 0 Å². The topological polar surface area (TPSA) is 63.4 Å². The van der Waals surface area contributed by atoms with Gasteiger partial charge in [-0.1, -0.05) is 92.2 Å². The van der Waals surface area contributed by atoms with Crippen molar-refractivity contribution in [2.24, 2.45) is 5.73 Å². The van der Waals surface area contributed by atoms with Crippen molar-refractivity contribution in [3.8, 4) is 0 Å². The Hall–Kier alpha value is -3.14. The molecule has 1 heterocycles. The lowest BCUT2D eigenvalue weighted by molar-refractivity contribution is -0.135. The van der Waals surface area contributed by atoms with Crippen LogP contribution in [0, 0.1) is 0 Å². The van der Waals surface area contributed by atoms with Crippen molar-refractivity contribution in [1.29, 1.82) is 0 Å². The quantitative estimate of drug-likeness (QED) is 0.457. The van der Waals surface area contributed by atoms with Crippen LogP contribution in [0.3, 0.4) is 0 Å². The molecule has 0 atom stereocenters. The van der Waals surface area contributed by atoms with E-state index in [1.54, 1.807) is 11.6 Å². The van der Waals surface area contributed by atoms with Crippen molar-refractivity contribution in [3.63, 3.8) is 0 Å². The zero-order valence-corrected chi connectivity index (χ0v) is 22.1. The lowest BCUT2D eigenvalue weighted by atomic mass is 9.72. The number of allylic oxidation sites excluding steroid dienone is 3. The molecule has 0 bridgehead atoms. The van der Waals surface area contributed by atoms with Crippen molar-refractivity contribution in [3.05, 3.63) is 96.1 Å². The molecule has 190 valence electrons.